The summed E-state index contributed by atoms with van der Waals surface area (Å²) in [6, 6.07) is 0. The Morgan fingerprint density at radius 1 is 0.714 bits per heavy atom. The molecule has 0 aromatic rings. The lowest BCUT2D eigenvalue weighted by Gasteiger charge is -1.87. The van der Waals surface area contributed by atoms with Crippen LogP contribution in [0.25, 0.3) is 0 Å². The Bertz CT molecular complexity index is 262. The van der Waals surface area contributed by atoms with Crippen LogP contribution < -0.4 is 0 Å². The second kappa shape index (κ2) is 8.31. The average Bonchev–Trinajstić information content (AvgIpc) is 2.22. The van der Waals surface area contributed by atoms with Crippen LogP contribution in [0.1, 0.15) is 25.7 Å². The van der Waals surface area contributed by atoms with Gasteiger partial charge < -0.3 is 0 Å². The molecule has 0 fully saturated rings. The van der Waals surface area contributed by atoms with Crippen molar-refractivity contribution in [1.29, 1.82) is 0 Å². The van der Waals surface area contributed by atoms with Crippen LogP contribution >= 0.6 is 0 Å². The normalized spacial score (nSPS) is 29.7. The molecule has 0 N–H and O–H groups in total. The molecule has 0 aromatic heterocycles. The molecule has 1 aliphatic rings. The Morgan fingerprint density at radius 3 is 2.43 bits per heavy atom. The van der Waals surface area contributed by atoms with E-state index in [1.807, 2.05) is 0 Å². The first-order valence-corrected chi connectivity index (χ1v) is 5.18. The summed E-state index contributed by atoms with van der Waals surface area (Å²) < 4.78 is 0. The van der Waals surface area contributed by atoms with Crippen LogP contribution in [0.15, 0.2) is 54.7 Å². The van der Waals surface area contributed by atoms with Crippen molar-refractivity contribution in [3.8, 4) is 0 Å². The van der Waals surface area contributed by atoms with E-state index in [9.17, 15) is 0 Å². The van der Waals surface area contributed by atoms with Gasteiger partial charge in [-0.2, -0.15) is 0 Å². The van der Waals surface area contributed by atoms with Crippen LogP contribution in [-0.4, -0.2) is 0 Å². The highest BCUT2D eigenvalue weighted by Gasteiger charge is 1.77. The molecule has 1 rings (SSSR count). The van der Waals surface area contributed by atoms with E-state index >= 15 is 0 Å². The van der Waals surface area contributed by atoms with Gasteiger partial charge in [-0.25, -0.2) is 0 Å². The SMILES string of the molecule is [C]1=C/C\C=C/C=C/C=C/CC/C=C/C/1. The van der Waals surface area contributed by atoms with Crippen LogP contribution in [0.5, 0.6) is 0 Å². The third-order valence-corrected chi connectivity index (χ3v) is 1.91. The fourth-order valence-electron chi connectivity index (χ4n) is 1.16. The molecular formula is C14H17. The van der Waals surface area contributed by atoms with Gasteiger partial charge in [0.05, 0.1) is 0 Å². The summed E-state index contributed by atoms with van der Waals surface area (Å²) in [6.07, 6.45) is 26.5. The van der Waals surface area contributed by atoms with Crippen molar-refractivity contribution in [2.24, 2.45) is 0 Å². The molecule has 0 bridgehead atoms. The molecule has 1 radical (unpaired) electrons. The summed E-state index contributed by atoms with van der Waals surface area (Å²) in [5.41, 5.74) is 0. The number of hydrogen-bond donors (Lipinski definition) is 0. The van der Waals surface area contributed by atoms with E-state index in [4.69, 9.17) is 0 Å². The Labute approximate surface area is 87.0 Å². The minimum absolute atomic E-state index is 0.938. The van der Waals surface area contributed by atoms with Gasteiger partial charge in [0.15, 0.2) is 0 Å². The molecule has 0 saturated carbocycles. The van der Waals surface area contributed by atoms with E-state index in [1.54, 1.807) is 0 Å². The highest BCUT2D eigenvalue weighted by Crippen LogP contribution is 1.97. The summed E-state index contributed by atoms with van der Waals surface area (Å²) in [5, 5.41) is 0. The van der Waals surface area contributed by atoms with Crippen LogP contribution in [0.3, 0.4) is 0 Å². The molecule has 0 amide bonds. The molecule has 0 nitrogen and oxygen atoms in total. The number of allylic oxidation sites excluding steroid dienone is 10. The molecule has 73 valence electrons. The van der Waals surface area contributed by atoms with Crippen molar-refractivity contribution in [2.45, 2.75) is 25.7 Å². The minimum atomic E-state index is 0.938. The predicted molar refractivity (Wildman–Crippen MR) is 62.8 cm³/mol. The van der Waals surface area contributed by atoms with E-state index < -0.39 is 0 Å². The van der Waals surface area contributed by atoms with Crippen molar-refractivity contribution in [3.63, 3.8) is 0 Å². The largest absolute Gasteiger partial charge is 0.0879 e. The van der Waals surface area contributed by atoms with E-state index in [2.05, 4.69) is 60.8 Å². The summed E-state index contributed by atoms with van der Waals surface area (Å²) in [7, 11) is 0. The summed E-state index contributed by atoms with van der Waals surface area (Å²) in [4.78, 5) is 0. The average molecular weight is 185 g/mol. The lowest BCUT2D eigenvalue weighted by molar-refractivity contribution is 1.04. The summed E-state index contributed by atoms with van der Waals surface area (Å²) in [5.74, 6) is 0. The molecule has 0 aromatic carbocycles. The Hall–Kier alpha value is -1.30. The first kappa shape index (κ1) is 10.8. The highest BCUT2D eigenvalue weighted by atomic mass is 13.8. The zero-order valence-electron chi connectivity index (χ0n) is 8.52. The number of hydrogen-bond acceptors (Lipinski definition) is 0. The molecule has 0 aliphatic heterocycles. The lowest BCUT2D eigenvalue weighted by Crippen LogP contribution is -1.67. The molecule has 0 unspecified atom stereocenters. The molecule has 1 aliphatic carbocycles. The van der Waals surface area contributed by atoms with Gasteiger partial charge in [-0.05, 0) is 31.8 Å². The first-order chi connectivity index (χ1) is 7.00. The van der Waals surface area contributed by atoms with Crippen LogP contribution in [-0.2, 0) is 0 Å². The second-order valence-electron chi connectivity index (χ2n) is 3.14. The van der Waals surface area contributed by atoms with Crippen molar-refractivity contribution < 1.29 is 0 Å². The van der Waals surface area contributed by atoms with E-state index in [0.29, 0.717) is 0 Å². The minimum Gasteiger partial charge on any atom is -0.0879 e. The van der Waals surface area contributed by atoms with Crippen LogP contribution in [0, 0.1) is 6.08 Å². The van der Waals surface area contributed by atoms with Gasteiger partial charge in [0.25, 0.3) is 0 Å². The monoisotopic (exact) mass is 185 g/mol. The maximum absolute atomic E-state index is 3.23. The lowest BCUT2D eigenvalue weighted by atomic mass is 10.2. The fraction of sp³-hybridized carbons (Fsp3) is 0.286. The topological polar surface area (TPSA) is 0 Å². The third kappa shape index (κ3) is 6.24. The quantitative estimate of drug-likeness (QED) is 0.497. The van der Waals surface area contributed by atoms with Crippen molar-refractivity contribution in [3.05, 3.63) is 60.8 Å². The third-order valence-electron chi connectivity index (χ3n) is 1.91. The van der Waals surface area contributed by atoms with Crippen molar-refractivity contribution in [1.82, 2.24) is 0 Å². The molecule has 0 heteroatoms. The molecule has 0 heterocycles. The van der Waals surface area contributed by atoms with E-state index in [0.717, 1.165) is 25.7 Å². The molecule has 0 saturated heterocycles. The summed E-state index contributed by atoms with van der Waals surface area (Å²) >= 11 is 0. The van der Waals surface area contributed by atoms with Crippen LogP contribution in [0.2, 0.25) is 0 Å². The standard InChI is InChI=1S/C14H17/c1-2-4-6-8-10-12-14-13-11-9-7-5-3-1/h1-6,9,12,14H,7-8,10,13H2/b2-1+,5-3-,6-4+,11-9?,14-12+. The first-order valence-electron chi connectivity index (χ1n) is 5.18. The zero-order valence-corrected chi connectivity index (χ0v) is 8.52. The molecule has 0 spiro atoms. The van der Waals surface area contributed by atoms with Gasteiger partial charge in [0.2, 0.25) is 0 Å². The van der Waals surface area contributed by atoms with Gasteiger partial charge in [0, 0.05) is 0 Å². The smallest absolute Gasteiger partial charge is 0.00978 e. The predicted octanol–water partition coefficient (Wildman–Crippen LogP) is 4.14. The summed E-state index contributed by atoms with van der Waals surface area (Å²) in [6.45, 7) is 0. The maximum Gasteiger partial charge on any atom is -0.00978 e. The highest BCUT2D eigenvalue weighted by molar-refractivity contribution is 5.12. The molecular weight excluding hydrogens is 168 g/mol. The van der Waals surface area contributed by atoms with E-state index in [-0.39, 0.29) is 0 Å². The maximum atomic E-state index is 3.23. The van der Waals surface area contributed by atoms with Gasteiger partial charge >= 0.3 is 0 Å². The van der Waals surface area contributed by atoms with E-state index in [1.165, 1.54) is 0 Å². The Morgan fingerprint density at radius 2 is 1.50 bits per heavy atom. The van der Waals surface area contributed by atoms with Gasteiger partial charge in [-0.1, -0.05) is 54.7 Å². The Balaban J connectivity index is 2.45. The van der Waals surface area contributed by atoms with Gasteiger partial charge in [-0.3, -0.25) is 0 Å². The van der Waals surface area contributed by atoms with Crippen LogP contribution in [0.4, 0.5) is 0 Å². The van der Waals surface area contributed by atoms with Crippen molar-refractivity contribution in [2.75, 3.05) is 0 Å². The molecule has 0 atom stereocenters. The van der Waals surface area contributed by atoms with Gasteiger partial charge in [-0.15, -0.1) is 0 Å². The Kier molecular flexibility index (Phi) is 6.39. The zero-order chi connectivity index (χ0) is 9.90. The number of rotatable bonds is 0. The van der Waals surface area contributed by atoms with Crippen molar-refractivity contribution >= 4 is 0 Å². The fourth-order valence-corrected chi connectivity index (χ4v) is 1.16. The molecule has 14 heavy (non-hydrogen) atoms. The second-order valence-corrected chi connectivity index (χ2v) is 3.14. The van der Waals surface area contributed by atoms with Gasteiger partial charge in [0.1, 0.15) is 0 Å².